The van der Waals surface area contributed by atoms with Gasteiger partial charge in [-0.15, -0.1) is 23.1 Å². The van der Waals surface area contributed by atoms with E-state index in [1.807, 2.05) is 0 Å². The van der Waals surface area contributed by atoms with E-state index in [2.05, 4.69) is 122 Å². The first-order chi connectivity index (χ1) is 17.6. The molecule has 1 aromatic heterocycles. The van der Waals surface area contributed by atoms with Gasteiger partial charge in [0.05, 0.1) is 5.75 Å². The number of ketones is 1. The summed E-state index contributed by atoms with van der Waals surface area (Å²) in [5, 5.41) is 4.76. The molecule has 0 unspecified atom stereocenters. The van der Waals surface area contributed by atoms with Gasteiger partial charge in [-0.2, -0.15) is 4.98 Å². The van der Waals surface area contributed by atoms with Crippen molar-refractivity contribution in [1.82, 2.24) is 4.98 Å². The minimum Gasteiger partial charge on any atom is -0.299 e. The summed E-state index contributed by atoms with van der Waals surface area (Å²) in [6.45, 7) is 3.75. The summed E-state index contributed by atoms with van der Waals surface area (Å²) in [5.41, 5.74) is 3.41. The van der Waals surface area contributed by atoms with E-state index in [0.29, 0.717) is 5.75 Å². The molecule has 0 atom stereocenters. The number of rotatable bonds is 8. The highest BCUT2D eigenvalue weighted by Gasteiger charge is 2.52. The number of aromatic nitrogens is 1. The van der Waals surface area contributed by atoms with Crippen LogP contribution in [-0.2, 0) is 4.79 Å². The molecule has 0 aliphatic heterocycles. The van der Waals surface area contributed by atoms with Gasteiger partial charge in [0.15, 0.2) is 7.26 Å². The highest BCUT2D eigenvalue weighted by atomic mass is 32.2. The Balaban J connectivity index is 1.86. The second kappa shape index (κ2) is 10.9. The molecule has 0 spiro atoms. The summed E-state index contributed by atoms with van der Waals surface area (Å²) in [5.74, 6) is 0.597. The molecule has 2 nitrogen and oxygen atoms in total. The van der Waals surface area contributed by atoms with Crippen molar-refractivity contribution in [2.75, 3.05) is 5.75 Å². The number of Topliss-reactive ketones (excluding diaryl/α,β-unsaturated/α-hetero) is 1. The van der Waals surface area contributed by atoms with Gasteiger partial charge in [0.2, 0.25) is 5.44 Å². The number of thiazole rings is 1. The Morgan fingerprint density at radius 1 is 0.750 bits per heavy atom. The van der Waals surface area contributed by atoms with Gasteiger partial charge in [-0.05, 0) is 50.2 Å². The SMILES string of the molecule is CC(=O)CSc1sc(-c2ccc(C)cc2)nc1[P+](c1ccccc1)(c1ccccc1)c1ccccc1. The van der Waals surface area contributed by atoms with Gasteiger partial charge in [-0.1, -0.05) is 84.4 Å². The van der Waals surface area contributed by atoms with Crippen LogP contribution in [0.15, 0.2) is 119 Å². The Morgan fingerprint density at radius 3 is 1.67 bits per heavy atom. The van der Waals surface area contributed by atoms with Gasteiger partial charge >= 0.3 is 0 Å². The van der Waals surface area contributed by atoms with Crippen LogP contribution in [0.2, 0.25) is 0 Å². The van der Waals surface area contributed by atoms with E-state index in [1.165, 1.54) is 21.5 Å². The third kappa shape index (κ3) is 4.82. The lowest BCUT2D eigenvalue weighted by atomic mass is 10.2. The van der Waals surface area contributed by atoms with E-state index >= 15 is 0 Å². The fourth-order valence-electron chi connectivity index (χ4n) is 4.36. The zero-order valence-electron chi connectivity index (χ0n) is 20.3. The molecule has 0 N–H and O–H groups in total. The predicted molar refractivity (Wildman–Crippen MR) is 158 cm³/mol. The molecular weight excluding hydrogens is 497 g/mol. The number of hydrogen-bond acceptors (Lipinski definition) is 4. The normalized spacial score (nSPS) is 11.4. The fourth-order valence-corrected chi connectivity index (χ4v) is 11.5. The van der Waals surface area contributed by atoms with Crippen LogP contribution in [0.25, 0.3) is 10.6 Å². The molecule has 0 saturated heterocycles. The van der Waals surface area contributed by atoms with E-state index < -0.39 is 7.26 Å². The van der Waals surface area contributed by atoms with Crippen LogP contribution < -0.4 is 21.3 Å². The molecule has 0 aliphatic carbocycles. The van der Waals surface area contributed by atoms with Crippen LogP contribution >= 0.6 is 30.4 Å². The van der Waals surface area contributed by atoms with Gasteiger partial charge in [0.25, 0.3) is 0 Å². The minimum atomic E-state index is -2.35. The number of nitrogens with zero attached hydrogens (tertiary/aromatic N) is 1. The maximum Gasteiger partial charge on any atom is 0.223 e. The maximum atomic E-state index is 12.1. The first-order valence-corrected chi connectivity index (χ1v) is 15.4. The first-order valence-electron chi connectivity index (χ1n) is 11.9. The third-order valence-electron chi connectivity index (χ3n) is 6.03. The first kappa shape index (κ1) is 24.6. The Morgan fingerprint density at radius 2 is 1.22 bits per heavy atom. The molecule has 0 amide bonds. The average Bonchev–Trinajstić information content (AvgIpc) is 3.35. The maximum absolute atomic E-state index is 12.1. The van der Waals surface area contributed by atoms with Gasteiger partial charge in [0.1, 0.15) is 30.9 Å². The van der Waals surface area contributed by atoms with E-state index in [0.717, 1.165) is 20.2 Å². The van der Waals surface area contributed by atoms with Crippen LogP contribution in [0, 0.1) is 6.92 Å². The Hall–Kier alpha value is -3.04. The van der Waals surface area contributed by atoms with Crippen molar-refractivity contribution in [2.45, 2.75) is 18.1 Å². The lowest BCUT2D eigenvalue weighted by molar-refractivity contribution is -0.114. The van der Waals surface area contributed by atoms with E-state index in [4.69, 9.17) is 4.98 Å². The quantitative estimate of drug-likeness (QED) is 0.173. The van der Waals surface area contributed by atoms with Crippen LogP contribution in [0.4, 0.5) is 0 Å². The molecule has 5 heteroatoms. The average molecular weight is 525 g/mol. The van der Waals surface area contributed by atoms with Crippen molar-refractivity contribution in [3.05, 3.63) is 121 Å². The minimum absolute atomic E-state index is 0.166. The predicted octanol–water partition coefficient (Wildman–Crippen LogP) is 6.42. The molecule has 5 rings (SSSR count). The Labute approximate surface area is 221 Å². The highest BCUT2D eigenvalue weighted by Crippen LogP contribution is 2.56. The fraction of sp³-hybridized carbons (Fsp3) is 0.0968. The molecule has 0 fully saturated rings. The molecular formula is C31H27NOPS2+. The zero-order chi connectivity index (χ0) is 25.0. The molecule has 5 aromatic rings. The third-order valence-corrected chi connectivity index (χ3v) is 13.0. The number of hydrogen-bond donors (Lipinski definition) is 0. The number of carbonyl (C=O) groups excluding carboxylic acids is 1. The monoisotopic (exact) mass is 524 g/mol. The van der Waals surface area contributed by atoms with E-state index in [-0.39, 0.29) is 5.78 Å². The summed E-state index contributed by atoms with van der Waals surface area (Å²) < 4.78 is 1.12. The van der Waals surface area contributed by atoms with Crippen LogP contribution in [0.1, 0.15) is 12.5 Å². The van der Waals surface area contributed by atoms with Gasteiger partial charge in [0, 0.05) is 5.56 Å². The molecule has 1 heterocycles. The summed E-state index contributed by atoms with van der Waals surface area (Å²) in [7, 11) is -2.35. The number of thioether (sulfide) groups is 1. The van der Waals surface area contributed by atoms with E-state index in [1.54, 1.807) is 30.0 Å². The number of carbonyl (C=O) groups is 1. The number of benzene rings is 4. The summed E-state index contributed by atoms with van der Waals surface area (Å²) in [4.78, 5) is 17.5. The van der Waals surface area contributed by atoms with Gasteiger partial charge < -0.3 is 0 Å². The Bertz CT molecular complexity index is 1350. The van der Waals surface area contributed by atoms with Crippen LogP contribution in [0.3, 0.4) is 0 Å². The van der Waals surface area contributed by atoms with Gasteiger partial charge in [-0.25, -0.2) is 0 Å². The van der Waals surface area contributed by atoms with E-state index in [9.17, 15) is 4.79 Å². The second-order valence-electron chi connectivity index (χ2n) is 8.66. The molecule has 36 heavy (non-hydrogen) atoms. The summed E-state index contributed by atoms with van der Waals surface area (Å²) in [6.07, 6.45) is 0. The second-order valence-corrected chi connectivity index (χ2v) is 14.2. The van der Waals surface area contributed by atoms with Crippen molar-refractivity contribution < 1.29 is 4.79 Å². The van der Waals surface area contributed by atoms with Crippen molar-refractivity contribution in [3.63, 3.8) is 0 Å². The molecule has 4 aromatic carbocycles. The van der Waals surface area contributed by atoms with Crippen molar-refractivity contribution in [1.29, 1.82) is 0 Å². The standard InChI is InChI=1S/C31H27NOPS2/c1-23-18-20-25(21-19-23)30-32-29(31(36-30)35-22-24(2)33)34(26-12-6-3-7-13-26,27-14-8-4-9-15-27)28-16-10-5-11-17-28/h3-21H,22H2,1-2H3/q+1. The summed E-state index contributed by atoms with van der Waals surface area (Å²) >= 11 is 3.32. The molecule has 0 aliphatic rings. The molecule has 0 saturated carbocycles. The smallest absolute Gasteiger partial charge is 0.223 e. The lowest BCUT2D eigenvalue weighted by Crippen LogP contribution is -2.40. The van der Waals surface area contributed by atoms with Gasteiger partial charge in [-0.3, -0.25) is 4.79 Å². The number of aryl methyl sites for hydroxylation is 1. The summed E-state index contributed by atoms with van der Waals surface area (Å²) in [6, 6.07) is 40.9. The van der Waals surface area contributed by atoms with Crippen molar-refractivity contribution in [2.24, 2.45) is 0 Å². The molecule has 178 valence electrons. The van der Waals surface area contributed by atoms with Crippen molar-refractivity contribution in [3.8, 4) is 10.6 Å². The zero-order valence-corrected chi connectivity index (χ0v) is 22.8. The highest BCUT2D eigenvalue weighted by molar-refractivity contribution is 8.05. The van der Waals surface area contributed by atoms with Crippen molar-refractivity contribution >= 4 is 57.5 Å². The lowest BCUT2D eigenvalue weighted by Gasteiger charge is -2.26. The van der Waals surface area contributed by atoms with Crippen LogP contribution in [0.5, 0.6) is 0 Å². The molecule has 0 radical (unpaired) electrons. The largest absolute Gasteiger partial charge is 0.299 e. The molecule has 0 bridgehead atoms. The van der Waals surface area contributed by atoms with Crippen LogP contribution in [-0.4, -0.2) is 16.5 Å². The topological polar surface area (TPSA) is 30.0 Å². The Kier molecular flexibility index (Phi) is 7.48.